The number of thioether (sulfide) groups is 1. The van der Waals surface area contributed by atoms with Crippen LogP contribution in [0.3, 0.4) is 0 Å². The third-order valence-corrected chi connectivity index (χ3v) is 2.62. The molecule has 0 N–H and O–H groups in total. The van der Waals surface area contributed by atoms with E-state index >= 15 is 0 Å². The van der Waals surface area contributed by atoms with Crippen molar-refractivity contribution in [3.8, 4) is 0 Å². The Labute approximate surface area is 58.2 Å². The van der Waals surface area contributed by atoms with Crippen LogP contribution in [0, 0.1) is 0 Å². The molecule has 0 amide bonds. The maximum absolute atomic E-state index is 5.28. The lowest BCUT2D eigenvalue weighted by atomic mass is 10.2. The molecule has 2 aliphatic heterocycles. The Morgan fingerprint density at radius 1 is 1.78 bits per heavy atom. The molecule has 0 spiro atoms. The van der Waals surface area contributed by atoms with Gasteiger partial charge in [-0.2, -0.15) is 0 Å². The van der Waals surface area contributed by atoms with Gasteiger partial charge in [-0.15, -0.1) is 11.8 Å². The first-order chi connectivity index (χ1) is 4.38. The molecular weight excluding hydrogens is 136 g/mol. The lowest BCUT2D eigenvalue weighted by molar-refractivity contribution is 0.0500. The van der Waals surface area contributed by atoms with Crippen LogP contribution in [-0.2, 0) is 9.47 Å². The van der Waals surface area contributed by atoms with Crippen molar-refractivity contribution in [3.63, 3.8) is 0 Å². The van der Waals surface area contributed by atoms with Crippen LogP contribution in [-0.4, -0.2) is 18.1 Å². The van der Waals surface area contributed by atoms with Crippen LogP contribution >= 0.6 is 11.8 Å². The van der Waals surface area contributed by atoms with Gasteiger partial charge in [0.15, 0.2) is 6.79 Å². The molecule has 0 aromatic heterocycles. The fraction of sp³-hybridized carbons (Fsp3) is 0.667. The van der Waals surface area contributed by atoms with Crippen LogP contribution in [0.4, 0.5) is 0 Å². The van der Waals surface area contributed by atoms with Crippen molar-refractivity contribution in [2.45, 2.75) is 18.3 Å². The molecule has 9 heavy (non-hydrogen) atoms. The third-order valence-electron chi connectivity index (χ3n) is 1.58. The predicted octanol–water partition coefficient (Wildman–Crippen LogP) is 1.34. The van der Waals surface area contributed by atoms with E-state index in [-0.39, 0.29) is 6.10 Å². The summed E-state index contributed by atoms with van der Waals surface area (Å²) in [5.74, 6) is 1.02. The van der Waals surface area contributed by atoms with E-state index in [0.717, 1.165) is 5.76 Å². The zero-order valence-corrected chi connectivity index (χ0v) is 5.98. The van der Waals surface area contributed by atoms with E-state index in [1.165, 1.54) is 0 Å². The van der Waals surface area contributed by atoms with Gasteiger partial charge in [0, 0.05) is 10.7 Å². The maximum atomic E-state index is 5.28. The summed E-state index contributed by atoms with van der Waals surface area (Å²) in [7, 11) is 0. The van der Waals surface area contributed by atoms with Gasteiger partial charge in [0.25, 0.3) is 0 Å². The van der Waals surface area contributed by atoms with E-state index in [1.54, 1.807) is 11.8 Å². The lowest BCUT2D eigenvalue weighted by Crippen LogP contribution is -2.15. The topological polar surface area (TPSA) is 18.5 Å². The van der Waals surface area contributed by atoms with Gasteiger partial charge >= 0.3 is 0 Å². The molecular formula is C6H8O2S. The molecule has 2 rings (SSSR count). The first-order valence-electron chi connectivity index (χ1n) is 2.98. The van der Waals surface area contributed by atoms with Gasteiger partial charge in [0.05, 0.1) is 0 Å². The summed E-state index contributed by atoms with van der Waals surface area (Å²) in [5, 5.41) is 2.59. The molecule has 2 heterocycles. The molecule has 2 unspecified atom stereocenters. The Kier molecular flexibility index (Phi) is 1.20. The van der Waals surface area contributed by atoms with Crippen LogP contribution in [0.25, 0.3) is 0 Å². The van der Waals surface area contributed by atoms with Crippen LogP contribution in [0.1, 0.15) is 6.92 Å². The quantitative estimate of drug-likeness (QED) is 0.511. The average Bonchev–Trinajstić information content (AvgIpc) is 2.35. The lowest BCUT2D eigenvalue weighted by Gasteiger charge is -2.06. The minimum Gasteiger partial charge on any atom is -0.469 e. The molecule has 3 heteroatoms. The largest absolute Gasteiger partial charge is 0.469 e. The van der Waals surface area contributed by atoms with Gasteiger partial charge in [-0.1, -0.05) is 0 Å². The molecule has 0 aromatic rings. The summed E-state index contributed by atoms with van der Waals surface area (Å²) in [5.41, 5.74) is 0. The second-order valence-electron chi connectivity index (χ2n) is 2.21. The number of rotatable bonds is 0. The molecule has 50 valence electrons. The molecule has 0 aromatic carbocycles. The maximum Gasteiger partial charge on any atom is 0.189 e. The minimum atomic E-state index is 0.245. The summed E-state index contributed by atoms with van der Waals surface area (Å²) in [4.78, 5) is 0. The second-order valence-corrected chi connectivity index (χ2v) is 3.46. The SMILES string of the molecule is CC1SC=C2OCOC21. The van der Waals surface area contributed by atoms with Crippen LogP contribution in [0.5, 0.6) is 0 Å². The van der Waals surface area contributed by atoms with Crippen LogP contribution < -0.4 is 0 Å². The van der Waals surface area contributed by atoms with Crippen molar-refractivity contribution in [2.24, 2.45) is 0 Å². The summed E-state index contributed by atoms with van der Waals surface area (Å²) in [6.45, 7) is 2.59. The molecule has 2 nitrogen and oxygen atoms in total. The van der Waals surface area contributed by atoms with Crippen molar-refractivity contribution in [1.29, 1.82) is 0 Å². The van der Waals surface area contributed by atoms with Gasteiger partial charge in [0.2, 0.25) is 0 Å². The van der Waals surface area contributed by atoms with Crippen molar-refractivity contribution < 1.29 is 9.47 Å². The van der Waals surface area contributed by atoms with E-state index in [9.17, 15) is 0 Å². The normalized spacial score (nSPS) is 39.9. The van der Waals surface area contributed by atoms with Crippen molar-refractivity contribution >= 4 is 11.8 Å². The standard InChI is InChI=1S/C6H8O2S/c1-4-6-5(2-9-4)7-3-8-6/h2,4,6H,3H2,1H3. The number of ether oxygens (including phenoxy) is 2. The fourth-order valence-corrected chi connectivity index (χ4v) is 1.96. The Morgan fingerprint density at radius 2 is 2.67 bits per heavy atom. The van der Waals surface area contributed by atoms with Gasteiger partial charge in [-0.05, 0) is 6.92 Å². The summed E-state index contributed by atoms with van der Waals surface area (Å²) < 4.78 is 10.4. The molecule has 1 saturated heterocycles. The first kappa shape index (κ1) is 5.62. The van der Waals surface area contributed by atoms with Crippen LogP contribution in [0.15, 0.2) is 11.2 Å². The molecule has 0 aliphatic carbocycles. The minimum absolute atomic E-state index is 0.245. The highest BCUT2D eigenvalue weighted by Gasteiger charge is 2.33. The Morgan fingerprint density at radius 3 is 3.44 bits per heavy atom. The highest BCUT2D eigenvalue weighted by atomic mass is 32.2. The zero-order valence-electron chi connectivity index (χ0n) is 5.16. The molecule has 0 saturated carbocycles. The highest BCUT2D eigenvalue weighted by molar-refractivity contribution is 8.03. The molecule has 2 atom stereocenters. The second kappa shape index (κ2) is 1.92. The van der Waals surface area contributed by atoms with Crippen molar-refractivity contribution in [1.82, 2.24) is 0 Å². The van der Waals surface area contributed by atoms with Gasteiger partial charge in [-0.3, -0.25) is 0 Å². The predicted molar refractivity (Wildman–Crippen MR) is 36.0 cm³/mol. The smallest absolute Gasteiger partial charge is 0.189 e. The Balaban J connectivity index is 2.19. The molecule has 1 fully saturated rings. The van der Waals surface area contributed by atoms with E-state index in [1.807, 2.05) is 5.41 Å². The van der Waals surface area contributed by atoms with E-state index in [4.69, 9.17) is 9.47 Å². The zero-order chi connectivity index (χ0) is 6.27. The summed E-state index contributed by atoms with van der Waals surface area (Å²) in [6, 6.07) is 0. The molecule has 0 radical (unpaired) electrons. The van der Waals surface area contributed by atoms with Gasteiger partial charge in [-0.25, -0.2) is 0 Å². The van der Waals surface area contributed by atoms with Gasteiger partial charge < -0.3 is 9.47 Å². The third kappa shape index (κ3) is 0.756. The number of hydrogen-bond donors (Lipinski definition) is 0. The summed E-state index contributed by atoms with van der Waals surface area (Å²) in [6.07, 6.45) is 0.245. The van der Waals surface area contributed by atoms with Gasteiger partial charge in [0.1, 0.15) is 11.9 Å². The van der Waals surface area contributed by atoms with Crippen molar-refractivity contribution in [2.75, 3.05) is 6.79 Å². The number of fused-ring (bicyclic) bond motifs is 1. The molecule has 2 aliphatic rings. The van der Waals surface area contributed by atoms with E-state index < -0.39 is 0 Å². The first-order valence-corrected chi connectivity index (χ1v) is 3.92. The van der Waals surface area contributed by atoms with Crippen LogP contribution in [0.2, 0.25) is 0 Å². The average molecular weight is 144 g/mol. The van der Waals surface area contributed by atoms with Crippen molar-refractivity contribution in [3.05, 3.63) is 11.2 Å². The fourth-order valence-electron chi connectivity index (χ4n) is 1.05. The Hall–Kier alpha value is -0.150. The molecule has 0 bridgehead atoms. The Bertz CT molecular complexity index is 155. The van der Waals surface area contributed by atoms with E-state index in [2.05, 4.69) is 6.92 Å². The number of hydrogen-bond acceptors (Lipinski definition) is 3. The monoisotopic (exact) mass is 144 g/mol. The highest BCUT2D eigenvalue weighted by Crippen LogP contribution is 2.36. The summed E-state index contributed by atoms with van der Waals surface area (Å²) >= 11 is 1.78. The van der Waals surface area contributed by atoms with E-state index in [0.29, 0.717) is 12.0 Å².